The van der Waals surface area contributed by atoms with Gasteiger partial charge in [-0.3, -0.25) is 4.79 Å². The third-order valence-electron chi connectivity index (χ3n) is 1.96. The number of carbonyl (C=O) groups excluding carboxylic acids is 1. The molecule has 6 nitrogen and oxygen atoms in total. The molecule has 2 aromatic rings. The van der Waals surface area contributed by atoms with Gasteiger partial charge in [0.25, 0.3) is 5.91 Å². The van der Waals surface area contributed by atoms with Crippen LogP contribution in [0.1, 0.15) is 21.0 Å². The molecule has 0 unspecified atom stereocenters. The number of aromatic amines is 1. The van der Waals surface area contributed by atoms with E-state index >= 15 is 0 Å². The van der Waals surface area contributed by atoms with Crippen LogP contribution in [-0.4, -0.2) is 27.0 Å². The van der Waals surface area contributed by atoms with Crippen LogP contribution in [0.2, 0.25) is 0 Å². The molecule has 0 aliphatic heterocycles. The first-order chi connectivity index (χ1) is 7.08. The summed E-state index contributed by atoms with van der Waals surface area (Å²) in [5.74, 6) is -1.72. The molecule has 0 radical (unpaired) electrons. The van der Waals surface area contributed by atoms with Crippen molar-refractivity contribution >= 4 is 22.9 Å². The van der Waals surface area contributed by atoms with Gasteiger partial charge in [-0.2, -0.15) is 0 Å². The van der Waals surface area contributed by atoms with Gasteiger partial charge in [0.15, 0.2) is 0 Å². The highest BCUT2D eigenvalue weighted by molar-refractivity contribution is 5.97. The number of nitrogens with zero attached hydrogens (tertiary/aromatic N) is 1. The Bertz CT molecular complexity index is 547. The van der Waals surface area contributed by atoms with Crippen LogP contribution in [0.5, 0.6) is 0 Å². The van der Waals surface area contributed by atoms with Crippen LogP contribution in [0.25, 0.3) is 11.0 Å². The molecular weight excluding hydrogens is 198 g/mol. The Kier molecular flexibility index (Phi) is 1.89. The van der Waals surface area contributed by atoms with Crippen molar-refractivity contribution < 1.29 is 14.7 Å². The average Bonchev–Trinajstić information content (AvgIpc) is 2.59. The van der Waals surface area contributed by atoms with Gasteiger partial charge in [0, 0.05) is 0 Å². The van der Waals surface area contributed by atoms with E-state index in [9.17, 15) is 9.59 Å². The summed E-state index contributed by atoms with van der Waals surface area (Å²) >= 11 is 0. The largest absolute Gasteiger partial charge is 0.477 e. The zero-order valence-corrected chi connectivity index (χ0v) is 7.52. The lowest BCUT2D eigenvalue weighted by Gasteiger charge is -1.92. The molecule has 2 heterocycles. The van der Waals surface area contributed by atoms with E-state index in [1.165, 1.54) is 18.2 Å². The lowest BCUT2D eigenvalue weighted by molar-refractivity contribution is 0.0690. The van der Waals surface area contributed by atoms with Gasteiger partial charge >= 0.3 is 5.97 Å². The van der Waals surface area contributed by atoms with Crippen molar-refractivity contribution in [2.75, 3.05) is 0 Å². The summed E-state index contributed by atoms with van der Waals surface area (Å²) < 4.78 is 0. The number of H-pyrrole nitrogens is 1. The third kappa shape index (κ3) is 1.52. The van der Waals surface area contributed by atoms with Crippen molar-refractivity contribution in [3.8, 4) is 0 Å². The SMILES string of the molecule is NC(=O)c1cc2nc(C(=O)O)ccc2[nH]1. The fraction of sp³-hybridized carbons (Fsp3) is 0. The maximum atomic E-state index is 10.8. The van der Waals surface area contributed by atoms with Crippen LogP contribution in [0.4, 0.5) is 0 Å². The number of nitrogens with two attached hydrogens (primary N) is 1. The molecular formula is C9H7N3O3. The number of carboxylic acid groups (broad SMARTS) is 1. The number of pyridine rings is 1. The average molecular weight is 205 g/mol. The van der Waals surface area contributed by atoms with Crippen molar-refractivity contribution in [3.05, 3.63) is 29.6 Å². The minimum atomic E-state index is -1.11. The smallest absolute Gasteiger partial charge is 0.354 e. The van der Waals surface area contributed by atoms with Crippen LogP contribution in [-0.2, 0) is 0 Å². The Morgan fingerprint density at radius 3 is 2.73 bits per heavy atom. The molecule has 4 N–H and O–H groups in total. The molecule has 0 saturated heterocycles. The van der Waals surface area contributed by atoms with E-state index in [0.29, 0.717) is 11.0 Å². The van der Waals surface area contributed by atoms with Gasteiger partial charge in [-0.15, -0.1) is 0 Å². The molecule has 2 rings (SSSR count). The van der Waals surface area contributed by atoms with E-state index in [2.05, 4.69) is 9.97 Å². The normalized spacial score (nSPS) is 10.4. The molecule has 0 bridgehead atoms. The zero-order valence-electron chi connectivity index (χ0n) is 7.52. The standard InChI is InChI=1S/C9H7N3O3/c10-8(13)7-3-6-4(11-7)1-2-5(12-6)9(14)15/h1-3,11H,(H2,10,13)(H,14,15). The number of aromatic carboxylic acids is 1. The highest BCUT2D eigenvalue weighted by atomic mass is 16.4. The number of nitrogens with one attached hydrogen (secondary N) is 1. The zero-order chi connectivity index (χ0) is 11.0. The van der Waals surface area contributed by atoms with Crippen LogP contribution in [0, 0.1) is 0 Å². The number of hydrogen-bond donors (Lipinski definition) is 3. The third-order valence-corrected chi connectivity index (χ3v) is 1.96. The van der Waals surface area contributed by atoms with E-state index in [1.54, 1.807) is 0 Å². The van der Waals surface area contributed by atoms with Crippen LogP contribution in [0.3, 0.4) is 0 Å². The van der Waals surface area contributed by atoms with Crippen molar-refractivity contribution in [2.24, 2.45) is 5.73 Å². The van der Waals surface area contributed by atoms with Crippen molar-refractivity contribution in [1.82, 2.24) is 9.97 Å². The Labute approximate surface area is 83.7 Å². The van der Waals surface area contributed by atoms with Crippen molar-refractivity contribution in [1.29, 1.82) is 0 Å². The molecule has 6 heteroatoms. The quantitative estimate of drug-likeness (QED) is 0.657. The molecule has 0 aromatic carbocycles. The lowest BCUT2D eigenvalue weighted by atomic mass is 10.3. The van der Waals surface area contributed by atoms with Gasteiger partial charge in [-0.25, -0.2) is 9.78 Å². The molecule has 1 amide bonds. The molecule has 0 aliphatic rings. The maximum Gasteiger partial charge on any atom is 0.354 e. The fourth-order valence-corrected chi connectivity index (χ4v) is 1.26. The van der Waals surface area contributed by atoms with Gasteiger partial charge in [0.05, 0.1) is 11.0 Å². The molecule has 0 aliphatic carbocycles. The summed E-state index contributed by atoms with van der Waals surface area (Å²) in [6, 6.07) is 4.31. The van der Waals surface area contributed by atoms with Gasteiger partial charge < -0.3 is 15.8 Å². The van der Waals surface area contributed by atoms with Crippen LogP contribution in [0.15, 0.2) is 18.2 Å². The van der Waals surface area contributed by atoms with Crippen molar-refractivity contribution in [2.45, 2.75) is 0 Å². The molecule has 15 heavy (non-hydrogen) atoms. The predicted molar refractivity (Wildman–Crippen MR) is 51.6 cm³/mol. The molecule has 0 spiro atoms. The van der Waals surface area contributed by atoms with E-state index in [0.717, 1.165) is 0 Å². The maximum absolute atomic E-state index is 10.8. The first-order valence-electron chi connectivity index (χ1n) is 4.11. The number of carbonyl (C=O) groups is 2. The summed E-state index contributed by atoms with van der Waals surface area (Å²) in [6.45, 7) is 0. The van der Waals surface area contributed by atoms with Gasteiger partial charge in [0.2, 0.25) is 0 Å². The van der Waals surface area contributed by atoms with E-state index < -0.39 is 11.9 Å². The van der Waals surface area contributed by atoms with Gasteiger partial charge in [0.1, 0.15) is 11.4 Å². The molecule has 0 fully saturated rings. The Hall–Kier alpha value is -2.37. The summed E-state index contributed by atoms with van der Waals surface area (Å²) in [6.07, 6.45) is 0. The number of aromatic nitrogens is 2. The highest BCUT2D eigenvalue weighted by Gasteiger charge is 2.09. The molecule has 76 valence electrons. The van der Waals surface area contributed by atoms with Crippen LogP contribution >= 0.6 is 0 Å². The minimum absolute atomic E-state index is 0.0717. The summed E-state index contributed by atoms with van der Waals surface area (Å²) in [5.41, 5.74) is 6.18. The number of carboxylic acids is 1. The summed E-state index contributed by atoms with van der Waals surface area (Å²) in [5, 5.41) is 8.70. The molecule has 0 saturated carbocycles. The lowest BCUT2D eigenvalue weighted by Crippen LogP contribution is -2.10. The van der Waals surface area contributed by atoms with E-state index in [-0.39, 0.29) is 11.4 Å². The monoisotopic (exact) mass is 205 g/mol. The topological polar surface area (TPSA) is 109 Å². The van der Waals surface area contributed by atoms with Gasteiger partial charge in [-0.1, -0.05) is 0 Å². The number of rotatable bonds is 2. The number of hydrogen-bond acceptors (Lipinski definition) is 3. The van der Waals surface area contributed by atoms with Crippen molar-refractivity contribution in [3.63, 3.8) is 0 Å². The summed E-state index contributed by atoms with van der Waals surface area (Å²) in [4.78, 5) is 28.0. The highest BCUT2D eigenvalue weighted by Crippen LogP contribution is 2.13. The Morgan fingerprint density at radius 1 is 1.40 bits per heavy atom. The number of amides is 1. The van der Waals surface area contributed by atoms with Gasteiger partial charge in [-0.05, 0) is 18.2 Å². The second-order valence-corrected chi connectivity index (χ2v) is 2.98. The second kappa shape index (κ2) is 3.09. The fourth-order valence-electron chi connectivity index (χ4n) is 1.26. The Balaban J connectivity index is 2.62. The van der Waals surface area contributed by atoms with E-state index in [4.69, 9.17) is 10.8 Å². The molecule has 2 aromatic heterocycles. The Morgan fingerprint density at radius 2 is 2.13 bits per heavy atom. The van der Waals surface area contributed by atoms with E-state index in [1.807, 2.05) is 0 Å². The predicted octanol–water partition coefficient (Wildman–Crippen LogP) is 0.360. The summed E-state index contributed by atoms with van der Waals surface area (Å²) in [7, 11) is 0. The van der Waals surface area contributed by atoms with Crippen LogP contribution < -0.4 is 5.73 Å². The number of fused-ring (bicyclic) bond motifs is 1. The molecule has 0 atom stereocenters. The first-order valence-corrected chi connectivity index (χ1v) is 4.11. The minimum Gasteiger partial charge on any atom is -0.477 e. The number of primary amides is 1. The first kappa shape index (κ1) is 9.20. The second-order valence-electron chi connectivity index (χ2n) is 2.98.